The average Bonchev–Trinajstić information content (AvgIpc) is 2.34. The number of esters is 1. The molecular weight excluding hydrogens is 268 g/mol. The zero-order valence-corrected chi connectivity index (χ0v) is 12.0. The van der Waals surface area contributed by atoms with Crippen LogP contribution in [-0.4, -0.2) is 28.0 Å². The van der Waals surface area contributed by atoms with Gasteiger partial charge in [-0.15, -0.1) is 0 Å². The van der Waals surface area contributed by atoms with Gasteiger partial charge in [0.1, 0.15) is 0 Å². The number of sulfonamides is 1. The van der Waals surface area contributed by atoms with Gasteiger partial charge in [-0.05, 0) is 37.1 Å². The van der Waals surface area contributed by atoms with Gasteiger partial charge in [0.15, 0.2) is 0 Å². The molecule has 0 aliphatic carbocycles. The Morgan fingerprint density at radius 1 is 1.37 bits per heavy atom. The van der Waals surface area contributed by atoms with Crippen LogP contribution >= 0.6 is 0 Å². The summed E-state index contributed by atoms with van der Waals surface area (Å²) in [5.74, 6) is -0.470. The quantitative estimate of drug-likeness (QED) is 0.614. The molecule has 0 amide bonds. The summed E-state index contributed by atoms with van der Waals surface area (Å²) in [6.45, 7) is 3.60. The molecule has 0 saturated carbocycles. The summed E-state index contributed by atoms with van der Waals surface area (Å²) in [6, 6.07) is 2.95. The molecule has 1 aromatic carbocycles. The summed E-state index contributed by atoms with van der Waals surface area (Å²) in [6.07, 6.45) is -0.0178. The van der Waals surface area contributed by atoms with Crippen molar-refractivity contribution in [2.45, 2.75) is 25.2 Å². The van der Waals surface area contributed by atoms with Crippen LogP contribution in [0.15, 0.2) is 17.0 Å². The SMILES string of the molecule is COC(=O)CCNS(=O)(=O)c1cc(C)c(C)c(N)c1. The first-order valence-electron chi connectivity index (χ1n) is 5.71. The zero-order chi connectivity index (χ0) is 14.6. The Hall–Kier alpha value is -1.60. The highest BCUT2D eigenvalue weighted by molar-refractivity contribution is 7.89. The zero-order valence-electron chi connectivity index (χ0n) is 11.2. The molecule has 7 heteroatoms. The molecule has 19 heavy (non-hydrogen) atoms. The second-order valence-electron chi connectivity index (χ2n) is 4.18. The largest absolute Gasteiger partial charge is 0.469 e. The minimum atomic E-state index is -3.66. The van der Waals surface area contributed by atoms with Crippen LogP contribution in [0.25, 0.3) is 0 Å². The van der Waals surface area contributed by atoms with Crippen molar-refractivity contribution in [1.82, 2.24) is 4.72 Å². The molecule has 106 valence electrons. The predicted octanol–water partition coefficient (Wildman–Crippen LogP) is 0.727. The van der Waals surface area contributed by atoms with Gasteiger partial charge in [0.2, 0.25) is 10.0 Å². The van der Waals surface area contributed by atoms with E-state index in [1.807, 2.05) is 6.92 Å². The molecular formula is C12H18N2O4S. The number of aryl methyl sites for hydroxylation is 1. The third-order valence-corrected chi connectivity index (χ3v) is 4.28. The lowest BCUT2D eigenvalue weighted by molar-refractivity contribution is -0.140. The van der Waals surface area contributed by atoms with Gasteiger partial charge < -0.3 is 10.5 Å². The number of nitrogens with one attached hydrogen (secondary N) is 1. The second kappa shape index (κ2) is 6.03. The Morgan fingerprint density at radius 2 is 2.00 bits per heavy atom. The van der Waals surface area contributed by atoms with Crippen LogP contribution in [0.4, 0.5) is 5.69 Å². The highest BCUT2D eigenvalue weighted by atomic mass is 32.2. The minimum absolute atomic E-state index is 0.0121. The summed E-state index contributed by atoms with van der Waals surface area (Å²) in [5, 5.41) is 0. The van der Waals surface area contributed by atoms with Crippen LogP contribution in [0.3, 0.4) is 0 Å². The van der Waals surface area contributed by atoms with Crippen molar-refractivity contribution in [1.29, 1.82) is 0 Å². The van der Waals surface area contributed by atoms with Crippen molar-refractivity contribution in [3.05, 3.63) is 23.3 Å². The van der Waals surface area contributed by atoms with E-state index in [9.17, 15) is 13.2 Å². The molecule has 0 heterocycles. The first kappa shape index (κ1) is 15.5. The molecule has 0 aliphatic rings. The third kappa shape index (κ3) is 3.93. The number of nitrogen functional groups attached to an aromatic ring is 1. The number of carbonyl (C=O) groups is 1. The van der Waals surface area contributed by atoms with Gasteiger partial charge in [0, 0.05) is 12.2 Å². The van der Waals surface area contributed by atoms with Crippen molar-refractivity contribution >= 4 is 21.7 Å². The normalized spacial score (nSPS) is 11.3. The number of hydrogen-bond donors (Lipinski definition) is 2. The van der Waals surface area contributed by atoms with Gasteiger partial charge in [-0.2, -0.15) is 0 Å². The van der Waals surface area contributed by atoms with E-state index in [1.54, 1.807) is 13.0 Å². The van der Waals surface area contributed by atoms with Crippen LogP contribution < -0.4 is 10.5 Å². The standard InChI is InChI=1S/C12H18N2O4S/c1-8-6-10(7-11(13)9(8)2)19(16,17)14-5-4-12(15)18-3/h6-7,14H,4-5,13H2,1-3H3. The Bertz CT molecular complexity index is 558. The lowest BCUT2D eigenvalue weighted by Gasteiger charge is -2.10. The van der Waals surface area contributed by atoms with E-state index < -0.39 is 16.0 Å². The Labute approximate surface area is 113 Å². The van der Waals surface area contributed by atoms with E-state index in [0.29, 0.717) is 5.69 Å². The molecule has 0 fully saturated rings. The van der Waals surface area contributed by atoms with Crippen molar-refractivity contribution in [2.75, 3.05) is 19.4 Å². The summed E-state index contributed by atoms with van der Waals surface area (Å²) >= 11 is 0. The maximum absolute atomic E-state index is 12.0. The van der Waals surface area contributed by atoms with Crippen LogP contribution in [0.2, 0.25) is 0 Å². The molecule has 6 nitrogen and oxygen atoms in total. The van der Waals surface area contributed by atoms with Crippen LogP contribution in [-0.2, 0) is 19.6 Å². The molecule has 0 saturated heterocycles. The molecule has 0 unspecified atom stereocenters. The fraction of sp³-hybridized carbons (Fsp3) is 0.417. The van der Waals surface area contributed by atoms with Crippen LogP contribution in [0.1, 0.15) is 17.5 Å². The minimum Gasteiger partial charge on any atom is -0.469 e. The highest BCUT2D eigenvalue weighted by Gasteiger charge is 2.16. The van der Waals surface area contributed by atoms with Gasteiger partial charge in [-0.3, -0.25) is 4.79 Å². The Morgan fingerprint density at radius 3 is 2.53 bits per heavy atom. The first-order valence-corrected chi connectivity index (χ1v) is 7.19. The van der Waals surface area contributed by atoms with Crippen molar-refractivity contribution < 1.29 is 17.9 Å². The lowest BCUT2D eigenvalue weighted by atomic mass is 10.1. The fourth-order valence-electron chi connectivity index (χ4n) is 1.48. The summed E-state index contributed by atoms with van der Waals surface area (Å²) in [5.41, 5.74) is 7.83. The molecule has 0 aliphatic heterocycles. The van der Waals surface area contributed by atoms with Gasteiger partial charge in [0.25, 0.3) is 0 Å². The topological polar surface area (TPSA) is 98.5 Å². The molecule has 0 aromatic heterocycles. The smallest absolute Gasteiger partial charge is 0.306 e. The van der Waals surface area contributed by atoms with E-state index in [1.165, 1.54) is 13.2 Å². The average molecular weight is 286 g/mol. The van der Waals surface area contributed by atoms with Gasteiger partial charge in [0.05, 0.1) is 18.4 Å². The van der Waals surface area contributed by atoms with E-state index in [-0.39, 0.29) is 17.9 Å². The van der Waals surface area contributed by atoms with Crippen LogP contribution in [0, 0.1) is 13.8 Å². The van der Waals surface area contributed by atoms with Crippen molar-refractivity contribution in [2.24, 2.45) is 0 Å². The molecule has 0 bridgehead atoms. The first-order chi connectivity index (χ1) is 8.77. The summed E-state index contributed by atoms with van der Waals surface area (Å²) in [4.78, 5) is 11.0. The van der Waals surface area contributed by atoms with Crippen molar-refractivity contribution in [3.8, 4) is 0 Å². The summed E-state index contributed by atoms with van der Waals surface area (Å²) < 4.78 is 30.8. The van der Waals surface area contributed by atoms with Crippen LogP contribution in [0.5, 0.6) is 0 Å². The lowest BCUT2D eigenvalue weighted by Crippen LogP contribution is -2.26. The Balaban J connectivity index is 2.86. The number of anilines is 1. The monoisotopic (exact) mass is 286 g/mol. The number of carbonyl (C=O) groups excluding carboxylic acids is 1. The number of methoxy groups -OCH3 is 1. The second-order valence-corrected chi connectivity index (χ2v) is 5.95. The maximum Gasteiger partial charge on any atom is 0.306 e. The number of rotatable bonds is 5. The van der Waals surface area contributed by atoms with Gasteiger partial charge in [-0.1, -0.05) is 0 Å². The van der Waals surface area contributed by atoms with Gasteiger partial charge in [-0.25, -0.2) is 13.1 Å². The van der Waals surface area contributed by atoms with Gasteiger partial charge >= 0.3 is 5.97 Å². The van der Waals surface area contributed by atoms with E-state index in [2.05, 4.69) is 9.46 Å². The molecule has 3 N–H and O–H groups in total. The molecule has 0 radical (unpaired) electrons. The highest BCUT2D eigenvalue weighted by Crippen LogP contribution is 2.21. The molecule has 1 aromatic rings. The number of benzene rings is 1. The molecule has 0 spiro atoms. The molecule has 1 rings (SSSR count). The van der Waals surface area contributed by atoms with Crippen molar-refractivity contribution in [3.63, 3.8) is 0 Å². The third-order valence-electron chi connectivity index (χ3n) is 2.84. The number of hydrogen-bond acceptors (Lipinski definition) is 5. The summed E-state index contributed by atoms with van der Waals surface area (Å²) in [7, 11) is -2.41. The number of ether oxygens (including phenoxy) is 1. The Kier molecular flexibility index (Phi) is 4.90. The van der Waals surface area contributed by atoms with E-state index >= 15 is 0 Å². The number of nitrogens with two attached hydrogens (primary N) is 1. The predicted molar refractivity (Wildman–Crippen MR) is 72.1 cm³/mol. The van der Waals surface area contributed by atoms with E-state index in [4.69, 9.17) is 5.73 Å². The fourth-order valence-corrected chi connectivity index (χ4v) is 2.63. The maximum atomic E-state index is 12.0. The van der Waals surface area contributed by atoms with E-state index in [0.717, 1.165) is 11.1 Å². The molecule has 0 atom stereocenters.